The number of H-pyrrole nitrogens is 1. The molecule has 0 atom stereocenters. The van der Waals surface area contributed by atoms with Crippen molar-refractivity contribution in [1.82, 2.24) is 4.98 Å². The Kier molecular flexibility index (Phi) is 2.95. The van der Waals surface area contributed by atoms with E-state index in [0.717, 1.165) is 6.07 Å². The zero-order valence-electron chi connectivity index (χ0n) is 7.21. The third kappa shape index (κ3) is 1.78. The fraction of sp³-hybridized carbons (Fsp3) is 0.250. The zero-order chi connectivity index (χ0) is 10.7. The molecular weight excluding hydrogens is 196 g/mol. The second kappa shape index (κ2) is 3.99. The number of carbonyl (C=O) groups is 1. The maximum Gasteiger partial charge on any atom is 0.269 e. The van der Waals surface area contributed by atoms with Gasteiger partial charge in [-0.1, -0.05) is 0 Å². The minimum atomic E-state index is -2.98. The molecule has 1 N–H and O–H groups in total. The van der Waals surface area contributed by atoms with E-state index in [-0.39, 0.29) is 12.2 Å². The van der Waals surface area contributed by atoms with Gasteiger partial charge in [0.15, 0.2) is 17.6 Å². The third-order valence-electron chi connectivity index (χ3n) is 1.63. The molecule has 6 heteroatoms. The molecule has 1 aromatic heterocycles. The number of ether oxygens (including phenoxy) is 1. The SMILES string of the molecule is COc1cc(=O)c(C(F)F)c(C=O)[nH]1. The second-order valence-electron chi connectivity index (χ2n) is 2.45. The Morgan fingerprint density at radius 1 is 1.57 bits per heavy atom. The molecule has 14 heavy (non-hydrogen) atoms. The highest BCUT2D eigenvalue weighted by Gasteiger charge is 2.18. The van der Waals surface area contributed by atoms with Gasteiger partial charge in [0.1, 0.15) is 0 Å². The Bertz CT molecular complexity index is 400. The number of hydrogen-bond acceptors (Lipinski definition) is 3. The van der Waals surface area contributed by atoms with Crippen LogP contribution >= 0.6 is 0 Å². The number of pyridine rings is 1. The van der Waals surface area contributed by atoms with Gasteiger partial charge in [-0.05, 0) is 0 Å². The second-order valence-corrected chi connectivity index (χ2v) is 2.45. The molecule has 1 aromatic rings. The van der Waals surface area contributed by atoms with Crippen LogP contribution in [0.5, 0.6) is 5.88 Å². The summed E-state index contributed by atoms with van der Waals surface area (Å²) in [4.78, 5) is 23.7. The van der Waals surface area contributed by atoms with Gasteiger partial charge in [-0.2, -0.15) is 0 Å². The number of aromatic nitrogens is 1. The van der Waals surface area contributed by atoms with E-state index in [2.05, 4.69) is 9.72 Å². The lowest BCUT2D eigenvalue weighted by Crippen LogP contribution is -2.14. The molecule has 0 aliphatic rings. The quantitative estimate of drug-likeness (QED) is 0.749. The van der Waals surface area contributed by atoms with E-state index in [0.29, 0.717) is 0 Å². The van der Waals surface area contributed by atoms with Crippen LogP contribution in [0, 0.1) is 0 Å². The predicted molar refractivity (Wildman–Crippen MR) is 44.0 cm³/mol. The molecule has 0 radical (unpaired) electrons. The van der Waals surface area contributed by atoms with Crippen LogP contribution in [0.3, 0.4) is 0 Å². The average Bonchev–Trinajstić information content (AvgIpc) is 2.15. The minimum absolute atomic E-state index is 0.0264. The van der Waals surface area contributed by atoms with Gasteiger partial charge in [-0.15, -0.1) is 0 Å². The van der Waals surface area contributed by atoms with E-state index in [9.17, 15) is 18.4 Å². The van der Waals surface area contributed by atoms with Crippen molar-refractivity contribution in [2.75, 3.05) is 7.11 Å². The van der Waals surface area contributed by atoms with Crippen molar-refractivity contribution >= 4 is 6.29 Å². The Hall–Kier alpha value is -1.72. The van der Waals surface area contributed by atoms with Crippen molar-refractivity contribution in [3.8, 4) is 5.88 Å². The van der Waals surface area contributed by atoms with Crippen molar-refractivity contribution < 1.29 is 18.3 Å². The number of nitrogens with one attached hydrogen (secondary N) is 1. The molecule has 0 aliphatic heterocycles. The van der Waals surface area contributed by atoms with Crippen LogP contribution in [0.2, 0.25) is 0 Å². The Morgan fingerprint density at radius 3 is 2.64 bits per heavy atom. The molecule has 0 amide bonds. The Balaban J connectivity index is 3.42. The number of aromatic amines is 1. The number of carbonyl (C=O) groups excluding carboxylic acids is 1. The van der Waals surface area contributed by atoms with E-state index in [1.165, 1.54) is 7.11 Å². The van der Waals surface area contributed by atoms with Gasteiger partial charge in [0.25, 0.3) is 6.43 Å². The number of hydrogen-bond donors (Lipinski definition) is 1. The van der Waals surface area contributed by atoms with Crippen LogP contribution < -0.4 is 10.2 Å². The van der Waals surface area contributed by atoms with Crippen molar-refractivity contribution in [3.63, 3.8) is 0 Å². The molecular formula is C8H7F2NO3. The number of rotatable bonds is 3. The largest absolute Gasteiger partial charge is 0.482 e. The Labute approximate surface area is 77.5 Å². The van der Waals surface area contributed by atoms with Gasteiger partial charge >= 0.3 is 0 Å². The average molecular weight is 203 g/mol. The summed E-state index contributed by atoms with van der Waals surface area (Å²) in [5, 5.41) is 0. The molecule has 0 bridgehead atoms. The molecule has 0 unspecified atom stereocenters. The normalized spacial score (nSPS) is 10.3. The first-order chi connectivity index (χ1) is 6.60. The molecule has 0 saturated carbocycles. The summed E-state index contributed by atoms with van der Waals surface area (Å²) in [6, 6.07) is 0.870. The highest BCUT2D eigenvalue weighted by Crippen LogP contribution is 2.18. The lowest BCUT2D eigenvalue weighted by Gasteiger charge is -2.05. The zero-order valence-corrected chi connectivity index (χ0v) is 7.21. The molecule has 0 aromatic carbocycles. The van der Waals surface area contributed by atoms with Crippen LogP contribution in [0.4, 0.5) is 8.78 Å². The minimum Gasteiger partial charge on any atom is -0.482 e. The molecule has 0 saturated heterocycles. The fourth-order valence-corrected chi connectivity index (χ4v) is 0.994. The van der Waals surface area contributed by atoms with E-state index >= 15 is 0 Å². The number of methoxy groups -OCH3 is 1. The standard InChI is InChI=1S/C8H7F2NO3/c1-14-6-2-5(13)7(8(9)10)4(3-12)11-6/h2-3,8H,1H3,(H,11,13). The van der Waals surface area contributed by atoms with E-state index in [1.807, 2.05) is 0 Å². The first kappa shape index (κ1) is 10.4. The number of aldehydes is 1. The summed E-state index contributed by atoms with van der Waals surface area (Å²) in [7, 11) is 1.25. The predicted octanol–water partition coefficient (Wildman–Crippen LogP) is 1.13. The Morgan fingerprint density at radius 2 is 2.21 bits per heavy atom. The van der Waals surface area contributed by atoms with Crippen LogP contribution in [0.15, 0.2) is 10.9 Å². The van der Waals surface area contributed by atoms with Crippen molar-refractivity contribution in [1.29, 1.82) is 0 Å². The van der Waals surface area contributed by atoms with Gasteiger partial charge in [0.2, 0.25) is 0 Å². The summed E-state index contributed by atoms with van der Waals surface area (Å²) < 4.78 is 29.2. The lowest BCUT2D eigenvalue weighted by atomic mass is 10.2. The van der Waals surface area contributed by atoms with Crippen LogP contribution in [0.25, 0.3) is 0 Å². The number of alkyl halides is 2. The molecule has 1 rings (SSSR count). The van der Waals surface area contributed by atoms with Gasteiger partial charge < -0.3 is 9.72 Å². The van der Waals surface area contributed by atoms with Crippen molar-refractivity contribution in [2.24, 2.45) is 0 Å². The van der Waals surface area contributed by atoms with E-state index < -0.39 is 23.1 Å². The maximum atomic E-state index is 12.3. The monoisotopic (exact) mass is 203 g/mol. The van der Waals surface area contributed by atoms with Gasteiger partial charge in [0, 0.05) is 6.07 Å². The summed E-state index contributed by atoms with van der Waals surface area (Å²) >= 11 is 0. The molecule has 0 fully saturated rings. The van der Waals surface area contributed by atoms with Gasteiger partial charge in [-0.25, -0.2) is 8.78 Å². The summed E-state index contributed by atoms with van der Waals surface area (Å²) in [5.74, 6) is -0.0264. The van der Waals surface area contributed by atoms with Gasteiger partial charge in [0.05, 0.1) is 18.4 Å². The highest BCUT2D eigenvalue weighted by atomic mass is 19.3. The smallest absolute Gasteiger partial charge is 0.269 e. The summed E-state index contributed by atoms with van der Waals surface area (Å²) in [6.07, 6.45) is -2.82. The molecule has 4 nitrogen and oxygen atoms in total. The summed E-state index contributed by atoms with van der Waals surface area (Å²) in [5.41, 5.74) is -2.21. The molecule has 0 aliphatic carbocycles. The van der Waals surface area contributed by atoms with Crippen molar-refractivity contribution in [3.05, 3.63) is 27.5 Å². The molecule has 1 heterocycles. The van der Waals surface area contributed by atoms with Crippen molar-refractivity contribution in [2.45, 2.75) is 6.43 Å². The first-order valence-electron chi connectivity index (χ1n) is 3.64. The summed E-state index contributed by atoms with van der Waals surface area (Å²) in [6.45, 7) is 0. The lowest BCUT2D eigenvalue weighted by molar-refractivity contribution is 0.110. The van der Waals surface area contributed by atoms with Gasteiger partial charge in [-0.3, -0.25) is 9.59 Å². The fourth-order valence-electron chi connectivity index (χ4n) is 0.994. The third-order valence-corrected chi connectivity index (χ3v) is 1.63. The van der Waals surface area contributed by atoms with Crippen LogP contribution in [-0.2, 0) is 0 Å². The topological polar surface area (TPSA) is 59.2 Å². The first-order valence-corrected chi connectivity index (χ1v) is 3.64. The van der Waals surface area contributed by atoms with Crippen LogP contribution in [0.1, 0.15) is 22.5 Å². The molecule has 76 valence electrons. The van der Waals surface area contributed by atoms with E-state index in [1.54, 1.807) is 0 Å². The van der Waals surface area contributed by atoms with E-state index in [4.69, 9.17) is 0 Å². The van der Waals surface area contributed by atoms with Crippen LogP contribution in [-0.4, -0.2) is 18.4 Å². The number of halogens is 2. The molecule has 0 spiro atoms. The highest BCUT2D eigenvalue weighted by molar-refractivity contribution is 5.74. The maximum absolute atomic E-state index is 12.3.